The summed E-state index contributed by atoms with van der Waals surface area (Å²) in [5.74, 6) is -0.0602. The highest BCUT2D eigenvalue weighted by Gasteiger charge is 1.81. The molecule has 0 amide bonds. The summed E-state index contributed by atoms with van der Waals surface area (Å²) in [5.41, 5.74) is 0. The quantitative estimate of drug-likeness (QED) is 0.429. The molecule has 1 atom stereocenters. The lowest BCUT2D eigenvalue weighted by atomic mass is 9.91. The fourth-order valence-electron chi connectivity index (χ4n) is 0. The van der Waals surface area contributed by atoms with Crippen LogP contribution in [0.3, 0.4) is 0 Å². The molecule has 1 N–H and O–H groups in total. The monoisotopic (exact) mass is 70.1 g/mol. The first-order valence-corrected chi connectivity index (χ1v) is 1.64. The molecule has 0 aliphatic carbocycles. The fraction of sp³-hybridized carbons (Fsp3) is 1.00. The van der Waals surface area contributed by atoms with Gasteiger partial charge in [0.15, 0.2) is 0 Å². The van der Waals surface area contributed by atoms with Crippen molar-refractivity contribution in [1.82, 2.24) is 0 Å². The Hall–Kier alpha value is 0.0249. The predicted octanol–water partition coefficient (Wildman–Crippen LogP) is -0.0444. The lowest BCUT2D eigenvalue weighted by Crippen LogP contribution is -1.89. The van der Waals surface area contributed by atoms with Gasteiger partial charge in [-0.2, -0.15) is 0 Å². The van der Waals surface area contributed by atoms with Crippen molar-refractivity contribution in [3.63, 3.8) is 0 Å². The van der Waals surface area contributed by atoms with E-state index in [9.17, 15) is 0 Å². The van der Waals surface area contributed by atoms with Gasteiger partial charge in [-0.05, 0) is 0 Å². The molecule has 2 heteroatoms. The number of hydrogen-bond acceptors (Lipinski definition) is 1. The van der Waals surface area contributed by atoms with Gasteiger partial charge in [0.2, 0.25) is 0 Å². The van der Waals surface area contributed by atoms with Gasteiger partial charge in [0.05, 0.1) is 7.85 Å². The van der Waals surface area contributed by atoms with E-state index in [1.165, 1.54) is 0 Å². The number of hydrogen-bond donors (Lipinski definition) is 1. The van der Waals surface area contributed by atoms with Crippen molar-refractivity contribution in [2.24, 2.45) is 0 Å². The Bertz CT molecular complexity index is 20.9. The summed E-state index contributed by atoms with van der Waals surface area (Å²) in [4.78, 5) is 0. The maximum Gasteiger partial charge on any atom is 0.0726 e. The van der Waals surface area contributed by atoms with Crippen LogP contribution in [0.1, 0.15) is 6.92 Å². The van der Waals surface area contributed by atoms with Crippen LogP contribution in [0.2, 0.25) is 5.82 Å². The molecule has 0 aromatic carbocycles. The van der Waals surface area contributed by atoms with Crippen molar-refractivity contribution in [3.8, 4) is 0 Å². The normalized spacial score (nSPS) is 14.8. The van der Waals surface area contributed by atoms with Crippen LogP contribution >= 0.6 is 0 Å². The highest BCUT2D eigenvalue weighted by molar-refractivity contribution is 6.11. The van der Waals surface area contributed by atoms with Gasteiger partial charge in [0.1, 0.15) is 0 Å². The zero-order valence-corrected chi connectivity index (χ0v) is 3.31. The summed E-state index contributed by atoms with van der Waals surface area (Å²) >= 11 is 0. The number of aliphatic hydroxyl groups is 1. The molecule has 5 heavy (non-hydrogen) atoms. The van der Waals surface area contributed by atoms with Crippen LogP contribution in [-0.4, -0.2) is 19.6 Å². The molecule has 0 fully saturated rings. The van der Waals surface area contributed by atoms with E-state index in [0.29, 0.717) is 0 Å². The standard InChI is InChI=1S/C3H7BO/c1-3(4)2-5/h3,5H,2H2,1H3. The second-order valence-electron chi connectivity index (χ2n) is 1.16. The van der Waals surface area contributed by atoms with Crippen LogP contribution in [0.5, 0.6) is 0 Å². The van der Waals surface area contributed by atoms with Crippen molar-refractivity contribution in [2.45, 2.75) is 12.7 Å². The largest absolute Gasteiger partial charge is 0.397 e. The molecule has 0 bridgehead atoms. The van der Waals surface area contributed by atoms with E-state index in [2.05, 4.69) is 0 Å². The Balaban J connectivity index is 2.54. The van der Waals surface area contributed by atoms with Gasteiger partial charge in [-0.15, -0.1) is 0 Å². The van der Waals surface area contributed by atoms with Crippen molar-refractivity contribution in [3.05, 3.63) is 0 Å². The molecule has 1 unspecified atom stereocenters. The van der Waals surface area contributed by atoms with Crippen LogP contribution in [0.4, 0.5) is 0 Å². The first-order valence-electron chi connectivity index (χ1n) is 1.64. The maximum atomic E-state index is 8.02. The Kier molecular flexibility index (Phi) is 2.28. The van der Waals surface area contributed by atoms with Crippen molar-refractivity contribution < 1.29 is 5.11 Å². The maximum absolute atomic E-state index is 8.02. The van der Waals surface area contributed by atoms with Gasteiger partial charge < -0.3 is 5.11 Å². The van der Waals surface area contributed by atoms with E-state index in [1.807, 2.05) is 0 Å². The molecule has 28 valence electrons. The van der Waals surface area contributed by atoms with Crippen molar-refractivity contribution in [2.75, 3.05) is 6.61 Å². The van der Waals surface area contributed by atoms with E-state index in [-0.39, 0.29) is 12.4 Å². The smallest absolute Gasteiger partial charge is 0.0726 e. The Morgan fingerprint density at radius 1 is 2.00 bits per heavy atom. The molecule has 0 saturated carbocycles. The third kappa shape index (κ3) is 4.02. The predicted molar refractivity (Wildman–Crippen MR) is 22.3 cm³/mol. The fourth-order valence-corrected chi connectivity index (χ4v) is 0. The highest BCUT2D eigenvalue weighted by atomic mass is 16.3. The molecular weight excluding hydrogens is 62.8 g/mol. The molecule has 0 aliphatic rings. The Morgan fingerprint density at radius 2 is 2.20 bits per heavy atom. The lowest BCUT2D eigenvalue weighted by molar-refractivity contribution is 0.295. The minimum atomic E-state index is -0.0602. The summed E-state index contributed by atoms with van der Waals surface area (Å²) in [7, 11) is 5.04. The van der Waals surface area contributed by atoms with Gasteiger partial charge in [0, 0.05) is 6.61 Å². The molecule has 0 aromatic rings. The van der Waals surface area contributed by atoms with Gasteiger partial charge >= 0.3 is 0 Å². The van der Waals surface area contributed by atoms with Gasteiger partial charge in [0.25, 0.3) is 0 Å². The number of rotatable bonds is 1. The summed E-state index contributed by atoms with van der Waals surface area (Å²) in [6.07, 6.45) is 0. The van der Waals surface area contributed by atoms with E-state index >= 15 is 0 Å². The second kappa shape index (κ2) is 2.27. The lowest BCUT2D eigenvalue weighted by Gasteiger charge is -1.90. The van der Waals surface area contributed by atoms with Crippen LogP contribution < -0.4 is 0 Å². The van der Waals surface area contributed by atoms with Gasteiger partial charge in [-0.3, -0.25) is 0 Å². The first kappa shape index (κ1) is 5.02. The molecule has 0 aromatic heterocycles. The highest BCUT2D eigenvalue weighted by Crippen LogP contribution is 1.87. The summed E-state index contributed by atoms with van der Waals surface area (Å²) in [5, 5.41) is 8.02. The second-order valence-corrected chi connectivity index (χ2v) is 1.16. The molecule has 0 heterocycles. The van der Waals surface area contributed by atoms with Crippen LogP contribution in [-0.2, 0) is 0 Å². The third-order valence-corrected chi connectivity index (χ3v) is 0.288. The third-order valence-electron chi connectivity index (χ3n) is 0.288. The van der Waals surface area contributed by atoms with E-state index in [0.717, 1.165) is 0 Å². The van der Waals surface area contributed by atoms with E-state index < -0.39 is 0 Å². The molecule has 1 nitrogen and oxygen atoms in total. The average molecular weight is 69.9 g/mol. The molecular formula is C3H7BO. The van der Waals surface area contributed by atoms with Gasteiger partial charge in [-0.25, -0.2) is 0 Å². The zero-order chi connectivity index (χ0) is 4.28. The molecule has 2 radical (unpaired) electrons. The van der Waals surface area contributed by atoms with Crippen molar-refractivity contribution >= 4 is 7.85 Å². The minimum absolute atomic E-state index is 0.0602. The Labute approximate surface area is 33.4 Å². The van der Waals surface area contributed by atoms with Gasteiger partial charge in [-0.1, -0.05) is 12.7 Å². The first-order chi connectivity index (χ1) is 2.27. The zero-order valence-electron chi connectivity index (χ0n) is 3.31. The van der Waals surface area contributed by atoms with E-state index in [1.54, 1.807) is 6.92 Å². The summed E-state index contributed by atoms with van der Waals surface area (Å²) in [6.45, 7) is 1.83. The molecule has 0 rings (SSSR count). The average Bonchev–Trinajstić information content (AvgIpc) is 1.38. The minimum Gasteiger partial charge on any atom is -0.397 e. The van der Waals surface area contributed by atoms with E-state index in [4.69, 9.17) is 13.0 Å². The Morgan fingerprint density at radius 3 is 2.20 bits per heavy atom. The number of aliphatic hydroxyl groups excluding tert-OH is 1. The topological polar surface area (TPSA) is 20.2 Å². The molecule has 0 saturated heterocycles. The SMILES string of the molecule is [B]C(C)CO. The summed E-state index contributed by atoms with van der Waals surface area (Å²) < 4.78 is 0. The molecule has 0 aliphatic heterocycles. The van der Waals surface area contributed by atoms with Crippen LogP contribution in [0, 0.1) is 0 Å². The van der Waals surface area contributed by atoms with Crippen LogP contribution in [0.25, 0.3) is 0 Å². The van der Waals surface area contributed by atoms with Crippen molar-refractivity contribution in [1.29, 1.82) is 0 Å². The summed E-state index contributed by atoms with van der Waals surface area (Å²) in [6, 6.07) is 0. The van der Waals surface area contributed by atoms with Crippen LogP contribution in [0.15, 0.2) is 0 Å². The molecule has 0 spiro atoms.